The Kier molecular flexibility index (Phi) is 6.48. The Bertz CT molecular complexity index is 1060. The average Bonchev–Trinajstić information content (AvgIpc) is 3.31. The first-order valence-electron chi connectivity index (χ1n) is 10.4. The molecule has 160 valence electrons. The van der Waals surface area contributed by atoms with Crippen LogP contribution in [0.25, 0.3) is 10.8 Å². The molecule has 0 bridgehead atoms. The number of anilines is 1. The fraction of sp³-hybridized carbons (Fsp3) is 0.280. The molecule has 0 aromatic heterocycles. The van der Waals surface area contributed by atoms with Crippen molar-refractivity contribution in [2.45, 2.75) is 32.0 Å². The van der Waals surface area contributed by atoms with E-state index in [0.29, 0.717) is 23.6 Å². The molecule has 0 radical (unpaired) electrons. The number of carbonyl (C=O) groups is 2. The van der Waals surface area contributed by atoms with Crippen molar-refractivity contribution in [1.29, 1.82) is 0 Å². The first kappa shape index (κ1) is 20.9. The smallest absolute Gasteiger partial charge is 0.338 e. The fourth-order valence-electron chi connectivity index (χ4n) is 3.45. The van der Waals surface area contributed by atoms with Gasteiger partial charge in [0.25, 0.3) is 5.91 Å². The quantitative estimate of drug-likeness (QED) is 0.568. The van der Waals surface area contributed by atoms with Gasteiger partial charge >= 0.3 is 5.97 Å². The topological polar surface area (TPSA) is 73.9 Å². The Hall–Kier alpha value is -3.38. The average molecular weight is 419 g/mol. The Morgan fingerprint density at radius 3 is 2.58 bits per heavy atom. The maximum atomic E-state index is 12.5. The van der Waals surface area contributed by atoms with Crippen LogP contribution in [0.1, 0.15) is 30.1 Å². The number of nitrogens with one attached hydrogen (secondary N) is 1. The second-order valence-corrected chi connectivity index (χ2v) is 7.57. The molecule has 3 aromatic rings. The first-order chi connectivity index (χ1) is 15.1. The normalized spacial score (nSPS) is 16.6. The number of esters is 1. The minimum Gasteiger partial charge on any atom is -0.491 e. The van der Waals surface area contributed by atoms with Gasteiger partial charge in [-0.05, 0) is 66.9 Å². The van der Waals surface area contributed by atoms with E-state index in [1.54, 1.807) is 31.2 Å². The summed E-state index contributed by atoms with van der Waals surface area (Å²) in [4.78, 5) is 24.9. The number of fused-ring (bicyclic) bond motifs is 1. The van der Waals surface area contributed by atoms with Crippen LogP contribution in [0.3, 0.4) is 0 Å². The van der Waals surface area contributed by atoms with E-state index >= 15 is 0 Å². The molecule has 1 saturated heterocycles. The van der Waals surface area contributed by atoms with Gasteiger partial charge in [0.05, 0.1) is 11.7 Å². The van der Waals surface area contributed by atoms with Crippen molar-refractivity contribution in [1.82, 2.24) is 0 Å². The lowest BCUT2D eigenvalue weighted by Gasteiger charge is -2.14. The van der Waals surface area contributed by atoms with Gasteiger partial charge in [-0.1, -0.05) is 30.3 Å². The highest BCUT2D eigenvalue weighted by Crippen LogP contribution is 2.20. The molecule has 6 nitrogen and oxygen atoms in total. The molecule has 0 unspecified atom stereocenters. The number of amides is 1. The Balaban J connectivity index is 1.30. The van der Waals surface area contributed by atoms with Crippen LogP contribution in [-0.4, -0.2) is 37.3 Å². The molecule has 1 amide bonds. The molecule has 6 heteroatoms. The van der Waals surface area contributed by atoms with Crippen LogP contribution in [0, 0.1) is 0 Å². The molecule has 1 N–H and O–H groups in total. The molecule has 0 spiro atoms. The zero-order valence-corrected chi connectivity index (χ0v) is 17.4. The van der Waals surface area contributed by atoms with Crippen molar-refractivity contribution < 1.29 is 23.8 Å². The van der Waals surface area contributed by atoms with Crippen molar-refractivity contribution in [2.75, 3.05) is 18.5 Å². The number of hydrogen-bond donors (Lipinski definition) is 1. The molecule has 1 fully saturated rings. The van der Waals surface area contributed by atoms with Crippen LogP contribution in [0.5, 0.6) is 5.75 Å². The summed E-state index contributed by atoms with van der Waals surface area (Å²) < 4.78 is 16.6. The molecule has 1 aliphatic heterocycles. The monoisotopic (exact) mass is 419 g/mol. The number of benzene rings is 3. The molecule has 1 heterocycles. The summed E-state index contributed by atoms with van der Waals surface area (Å²) in [7, 11) is 0. The third-order valence-electron chi connectivity index (χ3n) is 5.22. The summed E-state index contributed by atoms with van der Waals surface area (Å²) in [6, 6.07) is 20.2. The minimum absolute atomic E-state index is 0.131. The lowest BCUT2D eigenvalue weighted by molar-refractivity contribution is -0.123. The highest BCUT2D eigenvalue weighted by atomic mass is 16.5. The first-order valence-corrected chi connectivity index (χ1v) is 10.4. The van der Waals surface area contributed by atoms with Gasteiger partial charge in [0.15, 0.2) is 6.10 Å². The molecular formula is C25H25NO5. The van der Waals surface area contributed by atoms with Crippen LogP contribution < -0.4 is 10.1 Å². The van der Waals surface area contributed by atoms with Gasteiger partial charge in [0.2, 0.25) is 0 Å². The molecule has 1 aliphatic rings. The van der Waals surface area contributed by atoms with Crippen molar-refractivity contribution in [3.05, 3.63) is 72.3 Å². The van der Waals surface area contributed by atoms with E-state index in [0.717, 1.165) is 30.2 Å². The number of carbonyl (C=O) groups excluding carboxylic acids is 2. The molecular weight excluding hydrogens is 394 g/mol. The lowest BCUT2D eigenvalue weighted by Crippen LogP contribution is -2.30. The SMILES string of the molecule is C[C@H](OC(=O)c1ccc(OC[C@H]2CCCO2)cc1)C(=O)Nc1ccc2ccccc2c1. The van der Waals surface area contributed by atoms with Gasteiger partial charge in [-0.2, -0.15) is 0 Å². The molecule has 3 aromatic carbocycles. The molecule has 0 saturated carbocycles. The van der Waals surface area contributed by atoms with Crippen LogP contribution in [0.2, 0.25) is 0 Å². The van der Waals surface area contributed by atoms with Gasteiger partial charge in [0.1, 0.15) is 12.4 Å². The summed E-state index contributed by atoms with van der Waals surface area (Å²) in [5, 5.41) is 4.90. The maximum absolute atomic E-state index is 12.5. The van der Waals surface area contributed by atoms with E-state index in [2.05, 4.69) is 5.32 Å². The van der Waals surface area contributed by atoms with Crippen molar-refractivity contribution in [3.8, 4) is 5.75 Å². The van der Waals surface area contributed by atoms with Crippen LogP contribution in [-0.2, 0) is 14.3 Å². The second kappa shape index (κ2) is 9.62. The Morgan fingerprint density at radius 2 is 1.84 bits per heavy atom. The third-order valence-corrected chi connectivity index (χ3v) is 5.22. The molecule has 2 atom stereocenters. The second-order valence-electron chi connectivity index (χ2n) is 7.57. The largest absolute Gasteiger partial charge is 0.491 e. The maximum Gasteiger partial charge on any atom is 0.338 e. The Labute approximate surface area is 181 Å². The molecule has 0 aliphatic carbocycles. The van der Waals surface area contributed by atoms with E-state index in [9.17, 15) is 9.59 Å². The minimum atomic E-state index is -0.936. The third kappa shape index (κ3) is 5.41. The standard InChI is InChI=1S/C25H25NO5/c1-17(24(27)26-21-11-8-18-5-2-3-6-20(18)15-21)31-25(28)19-9-12-22(13-10-19)30-16-23-7-4-14-29-23/h2-3,5-6,8-13,15,17,23H,4,7,14,16H2,1H3,(H,26,27)/t17-,23+/m0/s1. The van der Waals surface area contributed by atoms with E-state index in [4.69, 9.17) is 14.2 Å². The predicted molar refractivity (Wildman–Crippen MR) is 118 cm³/mol. The van der Waals surface area contributed by atoms with Gasteiger partial charge < -0.3 is 19.5 Å². The van der Waals surface area contributed by atoms with Crippen LogP contribution in [0.4, 0.5) is 5.69 Å². The predicted octanol–water partition coefficient (Wildman–Crippen LogP) is 4.58. The van der Waals surface area contributed by atoms with E-state index in [1.807, 2.05) is 42.5 Å². The summed E-state index contributed by atoms with van der Waals surface area (Å²) in [5.74, 6) is -0.291. The van der Waals surface area contributed by atoms with Gasteiger partial charge in [-0.15, -0.1) is 0 Å². The van der Waals surface area contributed by atoms with Crippen LogP contribution >= 0.6 is 0 Å². The Morgan fingerprint density at radius 1 is 1.06 bits per heavy atom. The molecule has 4 rings (SSSR count). The van der Waals surface area contributed by atoms with Gasteiger partial charge in [-0.25, -0.2) is 4.79 Å². The van der Waals surface area contributed by atoms with E-state index < -0.39 is 12.1 Å². The summed E-state index contributed by atoms with van der Waals surface area (Å²) in [5.41, 5.74) is 1.01. The summed E-state index contributed by atoms with van der Waals surface area (Å²) >= 11 is 0. The number of hydrogen-bond acceptors (Lipinski definition) is 5. The zero-order chi connectivity index (χ0) is 21.6. The van der Waals surface area contributed by atoms with E-state index in [1.165, 1.54) is 0 Å². The highest BCUT2D eigenvalue weighted by molar-refractivity contribution is 5.98. The zero-order valence-electron chi connectivity index (χ0n) is 17.4. The van der Waals surface area contributed by atoms with Crippen molar-refractivity contribution >= 4 is 28.3 Å². The van der Waals surface area contributed by atoms with Crippen molar-refractivity contribution in [2.24, 2.45) is 0 Å². The van der Waals surface area contributed by atoms with Crippen LogP contribution in [0.15, 0.2) is 66.7 Å². The van der Waals surface area contributed by atoms with Crippen molar-refractivity contribution in [3.63, 3.8) is 0 Å². The number of rotatable bonds is 7. The lowest BCUT2D eigenvalue weighted by atomic mass is 10.1. The summed E-state index contributed by atoms with van der Waals surface area (Å²) in [6.45, 7) is 2.83. The van der Waals surface area contributed by atoms with E-state index in [-0.39, 0.29) is 12.0 Å². The van der Waals surface area contributed by atoms with Gasteiger partial charge in [-0.3, -0.25) is 4.79 Å². The molecule has 31 heavy (non-hydrogen) atoms. The highest BCUT2D eigenvalue weighted by Gasteiger charge is 2.20. The summed E-state index contributed by atoms with van der Waals surface area (Å²) in [6.07, 6.45) is 1.26. The van der Waals surface area contributed by atoms with Gasteiger partial charge in [0, 0.05) is 12.3 Å². The fourth-order valence-corrected chi connectivity index (χ4v) is 3.45. The number of ether oxygens (including phenoxy) is 3.